The SMILES string of the molecule is C[NH+](CCc1cccc[nH+]1)Cc1cccc(F)c1. The summed E-state index contributed by atoms with van der Waals surface area (Å²) in [5, 5.41) is 0. The van der Waals surface area contributed by atoms with Crippen LogP contribution in [0.3, 0.4) is 0 Å². The first-order valence-electron chi connectivity index (χ1n) is 6.25. The van der Waals surface area contributed by atoms with Crippen LogP contribution in [-0.2, 0) is 13.0 Å². The van der Waals surface area contributed by atoms with Crippen LogP contribution in [0.15, 0.2) is 48.7 Å². The zero-order chi connectivity index (χ0) is 12.8. The van der Waals surface area contributed by atoms with Gasteiger partial charge in [0, 0.05) is 17.7 Å². The molecule has 0 fully saturated rings. The Hall–Kier alpha value is -1.74. The van der Waals surface area contributed by atoms with Crippen LogP contribution in [0.2, 0.25) is 0 Å². The van der Waals surface area contributed by atoms with Crippen molar-refractivity contribution in [1.82, 2.24) is 0 Å². The molecule has 2 aromatic rings. The van der Waals surface area contributed by atoms with E-state index in [1.54, 1.807) is 12.1 Å². The number of benzene rings is 1. The fraction of sp³-hybridized carbons (Fsp3) is 0.267. The van der Waals surface area contributed by atoms with Crippen molar-refractivity contribution in [2.75, 3.05) is 13.6 Å². The Morgan fingerprint density at radius 2 is 2.06 bits per heavy atom. The number of pyridine rings is 1. The molecule has 18 heavy (non-hydrogen) atoms. The summed E-state index contributed by atoms with van der Waals surface area (Å²) >= 11 is 0. The molecule has 2 nitrogen and oxygen atoms in total. The number of rotatable bonds is 5. The number of hydrogen-bond donors (Lipinski definition) is 1. The van der Waals surface area contributed by atoms with Gasteiger partial charge in [0.2, 0.25) is 0 Å². The minimum absolute atomic E-state index is 0.156. The average molecular weight is 246 g/mol. The third-order valence-corrected chi connectivity index (χ3v) is 2.99. The van der Waals surface area contributed by atoms with Gasteiger partial charge in [0.25, 0.3) is 0 Å². The summed E-state index contributed by atoms with van der Waals surface area (Å²) < 4.78 is 13.1. The van der Waals surface area contributed by atoms with E-state index in [0.717, 1.165) is 25.1 Å². The summed E-state index contributed by atoms with van der Waals surface area (Å²) in [6.45, 7) is 1.88. The number of halogens is 1. The van der Waals surface area contributed by atoms with Crippen LogP contribution in [-0.4, -0.2) is 13.6 Å². The van der Waals surface area contributed by atoms with E-state index in [9.17, 15) is 4.39 Å². The van der Waals surface area contributed by atoms with Crippen LogP contribution in [0.5, 0.6) is 0 Å². The Morgan fingerprint density at radius 3 is 2.78 bits per heavy atom. The van der Waals surface area contributed by atoms with Crippen molar-refractivity contribution in [3.63, 3.8) is 0 Å². The highest BCUT2D eigenvalue weighted by atomic mass is 19.1. The molecule has 0 radical (unpaired) electrons. The van der Waals surface area contributed by atoms with Crippen molar-refractivity contribution in [2.24, 2.45) is 0 Å². The van der Waals surface area contributed by atoms with Gasteiger partial charge in [-0.25, -0.2) is 9.37 Å². The van der Waals surface area contributed by atoms with E-state index in [2.05, 4.69) is 18.1 Å². The molecule has 2 rings (SSSR count). The van der Waals surface area contributed by atoms with E-state index < -0.39 is 0 Å². The molecule has 1 aromatic heterocycles. The van der Waals surface area contributed by atoms with E-state index in [-0.39, 0.29) is 5.82 Å². The van der Waals surface area contributed by atoms with E-state index in [1.807, 2.05) is 24.4 Å². The standard InChI is InChI=1S/C15H17FN2/c1-18(10-8-15-7-2-3-9-17-15)12-13-5-4-6-14(16)11-13/h2-7,9,11H,8,10,12H2,1H3/p+2. The fourth-order valence-electron chi connectivity index (χ4n) is 2.02. The van der Waals surface area contributed by atoms with Crippen LogP contribution < -0.4 is 9.88 Å². The average Bonchev–Trinajstić information content (AvgIpc) is 2.38. The number of H-pyrrole nitrogens is 1. The van der Waals surface area contributed by atoms with E-state index in [0.29, 0.717) is 0 Å². The largest absolute Gasteiger partial charge is 0.333 e. The second kappa shape index (κ2) is 6.26. The van der Waals surface area contributed by atoms with E-state index >= 15 is 0 Å². The Balaban J connectivity index is 1.84. The summed E-state index contributed by atoms with van der Waals surface area (Å²) in [4.78, 5) is 4.60. The van der Waals surface area contributed by atoms with Gasteiger partial charge in [0.05, 0.1) is 20.0 Å². The number of aromatic amines is 1. The van der Waals surface area contributed by atoms with Gasteiger partial charge in [-0.2, -0.15) is 0 Å². The highest BCUT2D eigenvalue weighted by Gasteiger charge is 2.07. The molecule has 0 bridgehead atoms. The zero-order valence-electron chi connectivity index (χ0n) is 10.6. The molecule has 0 aliphatic rings. The zero-order valence-corrected chi connectivity index (χ0v) is 10.6. The molecule has 94 valence electrons. The normalized spacial score (nSPS) is 12.3. The predicted molar refractivity (Wildman–Crippen MR) is 68.6 cm³/mol. The molecular weight excluding hydrogens is 227 g/mol. The maximum absolute atomic E-state index is 13.1. The topological polar surface area (TPSA) is 18.6 Å². The first-order chi connectivity index (χ1) is 8.74. The highest BCUT2D eigenvalue weighted by Crippen LogP contribution is 2.01. The number of likely N-dealkylation sites (N-methyl/N-ethyl adjacent to an activating group) is 1. The monoisotopic (exact) mass is 246 g/mol. The van der Waals surface area contributed by atoms with Crippen molar-refractivity contribution in [3.05, 3.63) is 65.7 Å². The Kier molecular flexibility index (Phi) is 4.42. The van der Waals surface area contributed by atoms with Crippen molar-refractivity contribution in [2.45, 2.75) is 13.0 Å². The maximum atomic E-state index is 13.1. The van der Waals surface area contributed by atoms with E-state index in [4.69, 9.17) is 0 Å². The third-order valence-electron chi connectivity index (χ3n) is 2.99. The summed E-state index contributed by atoms with van der Waals surface area (Å²) in [5.74, 6) is -0.156. The predicted octanol–water partition coefficient (Wildman–Crippen LogP) is 0.897. The van der Waals surface area contributed by atoms with Crippen molar-refractivity contribution in [1.29, 1.82) is 0 Å². The molecule has 0 amide bonds. The smallest absolute Gasteiger partial charge is 0.185 e. The molecule has 0 aliphatic carbocycles. The highest BCUT2D eigenvalue weighted by molar-refractivity contribution is 5.14. The molecule has 3 heteroatoms. The lowest BCUT2D eigenvalue weighted by Gasteiger charge is -2.12. The minimum Gasteiger partial charge on any atom is -0.333 e. The van der Waals surface area contributed by atoms with Gasteiger partial charge in [-0.05, 0) is 12.1 Å². The summed E-state index contributed by atoms with van der Waals surface area (Å²) in [6, 6.07) is 12.9. The number of nitrogens with one attached hydrogen (secondary N) is 2. The molecule has 1 aromatic carbocycles. The van der Waals surface area contributed by atoms with Crippen LogP contribution in [0.4, 0.5) is 4.39 Å². The first kappa shape index (κ1) is 12.7. The maximum Gasteiger partial charge on any atom is 0.185 e. The van der Waals surface area contributed by atoms with Crippen molar-refractivity contribution >= 4 is 0 Å². The molecule has 2 N–H and O–H groups in total. The Morgan fingerprint density at radius 1 is 1.17 bits per heavy atom. The van der Waals surface area contributed by atoms with Gasteiger partial charge in [0.1, 0.15) is 12.4 Å². The lowest BCUT2D eigenvalue weighted by Crippen LogP contribution is -3.07. The number of hydrogen-bond acceptors (Lipinski definition) is 0. The first-order valence-corrected chi connectivity index (χ1v) is 6.25. The summed E-state index contributed by atoms with van der Waals surface area (Å²) in [7, 11) is 2.13. The fourth-order valence-corrected chi connectivity index (χ4v) is 2.02. The quantitative estimate of drug-likeness (QED) is 0.808. The van der Waals surface area contributed by atoms with Gasteiger partial charge < -0.3 is 4.90 Å². The molecule has 0 saturated heterocycles. The molecule has 0 spiro atoms. The molecule has 0 saturated carbocycles. The minimum atomic E-state index is -0.156. The molecule has 0 aliphatic heterocycles. The lowest BCUT2D eigenvalue weighted by molar-refractivity contribution is -0.893. The van der Waals surface area contributed by atoms with Gasteiger partial charge in [-0.1, -0.05) is 18.2 Å². The van der Waals surface area contributed by atoms with Gasteiger partial charge in [-0.3, -0.25) is 0 Å². The molecule has 1 unspecified atom stereocenters. The van der Waals surface area contributed by atoms with Gasteiger partial charge in [0.15, 0.2) is 11.9 Å². The number of aromatic nitrogens is 1. The van der Waals surface area contributed by atoms with Gasteiger partial charge in [-0.15, -0.1) is 0 Å². The van der Waals surface area contributed by atoms with Crippen LogP contribution in [0, 0.1) is 5.82 Å². The molecule has 1 atom stereocenters. The number of quaternary nitrogens is 1. The second-order valence-corrected chi connectivity index (χ2v) is 4.65. The van der Waals surface area contributed by atoms with E-state index in [1.165, 1.54) is 16.7 Å². The summed E-state index contributed by atoms with van der Waals surface area (Å²) in [5.41, 5.74) is 2.28. The Bertz CT molecular complexity index is 485. The van der Waals surface area contributed by atoms with Gasteiger partial charge >= 0.3 is 0 Å². The van der Waals surface area contributed by atoms with Crippen molar-refractivity contribution < 1.29 is 14.3 Å². The van der Waals surface area contributed by atoms with Crippen LogP contribution in [0.25, 0.3) is 0 Å². The lowest BCUT2D eigenvalue weighted by atomic mass is 10.2. The molecule has 1 heterocycles. The van der Waals surface area contributed by atoms with Crippen LogP contribution >= 0.6 is 0 Å². The third kappa shape index (κ3) is 3.93. The van der Waals surface area contributed by atoms with Crippen LogP contribution in [0.1, 0.15) is 11.3 Å². The van der Waals surface area contributed by atoms with Crippen molar-refractivity contribution in [3.8, 4) is 0 Å². The Labute approximate surface area is 107 Å². The second-order valence-electron chi connectivity index (χ2n) is 4.65. The summed E-state index contributed by atoms with van der Waals surface area (Å²) in [6.07, 6.45) is 2.94. The molecular formula is C15H19FN2+2.